The van der Waals surface area contributed by atoms with Gasteiger partial charge in [0.2, 0.25) is 0 Å². The molecular weight excluding hydrogens is 410 g/mol. The van der Waals surface area contributed by atoms with Crippen molar-refractivity contribution in [3.8, 4) is 11.5 Å². The fraction of sp³-hybridized carbons (Fsp3) is 0.227. The first-order valence-electron chi connectivity index (χ1n) is 10.2. The zero-order chi connectivity index (χ0) is 21.8. The minimum Gasteiger partial charge on any atom is -0.458 e. The molecule has 160 valence electrons. The molecule has 1 atom stereocenters. The van der Waals surface area contributed by atoms with Crippen LogP contribution in [0.3, 0.4) is 0 Å². The lowest BCUT2D eigenvalue weighted by atomic mass is 9.97. The average Bonchev–Trinajstić information content (AvgIpc) is 3.59. The van der Waals surface area contributed by atoms with Crippen LogP contribution in [-0.2, 0) is 13.5 Å². The molecule has 1 aromatic carbocycles. The topological polar surface area (TPSA) is 119 Å². The summed E-state index contributed by atoms with van der Waals surface area (Å²) in [6.45, 7) is 2.46. The van der Waals surface area contributed by atoms with E-state index in [2.05, 4.69) is 25.3 Å². The van der Waals surface area contributed by atoms with Crippen LogP contribution in [0.5, 0.6) is 0 Å². The number of hydrogen-bond acceptors (Lipinski definition) is 7. The van der Waals surface area contributed by atoms with Crippen molar-refractivity contribution in [2.45, 2.75) is 19.4 Å². The van der Waals surface area contributed by atoms with Gasteiger partial charge in [0.25, 0.3) is 5.89 Å². The Morgan fingerprint density at radius 3 is 2.91 bits per heavy atom. The third-order valence-corrected chi connectivity index (χ3v) is 5.87. The van der Waals surface area contributed by atoms with Crippen LogP contribution in [0.1, 0.15) is 39.4 Å². The Balaban J connectivity index is 1.43. The fourth-order valence-electron chi connectivity index (χ4n) is 4.30. The standard InChI is InChI=1S/C22H19N7O3/c1-12-14-5-3-4-6-16(14)31-19(12)18-17-15(23-11-24-17)7-8-29(18)22(30)21-27-26-20(32-21)13-9-25-28(2)10-13/h3-6,9-11,18H,7-8H2,1-2H3,(H,23,24)/t18-/m0/s1. The van der Waals surface area contributed by atoms with Crippen LogP contribution in [0.15, 0.2) is 51.8 Å². The molecule has 0 bridgehead atoms. The van der Waals surface area contributed by atoms with Gasteiger partial charge in [-0.25, -0.2) is 4.98 Å². The van der Waals surface area contributed by atoms with Crippen LogP contribution in [0, 0.1) is 6.92 Å². The molecule has 0 spiro atoms. The highest BCUT2D eigenvalue weighted by Crippen LogP contribution is 2.39. The van der Waals surface area contributed by atoms with E-state index in [1.165, 1.54) is 0 Å². The minimum atomic E-state index is -0.501. The summed E-state index contributed by atoms with van der Waals surface area (Å²) >= 11 is 0. The van der Waals surface area contributed by atoms with Crippen LogP contribution >= 0.6 is 0 Å². The predicted molar refractivity (Wildman–Crippen MR) is 113 cm³/mol. The van der Waals surface area contributed by atoms with E-state index in [0.29, 0.717) is 24.3 Å². The molecule has 0 radical (unpaired) electrons. The Hall–Kier alpha value is -4.21. The summed E-state index contributed by atoms with van der Waals surface area (Å²) in [5, 5.41) is 13.2. The van der Waals surface area contributed by atoms with Gasteiger partial charge in [0.1, 0.15) is 17.4 Å². The number of nitrogens with one attached hydrogen (secondary N) is 1. The van der Waals surface area contributed by atoms with Gasteiger partial charge in [-0.3, -0.25) is 9.48 Å². The maximum absolute atomic E-state index is 13.5. The molecule has 0 saturated heterocycles. The molecule has 6 rings (SSSR count). The first-order valence-corrected chi connectivity index (χ1v) is 10.2. The molecule has 5 heterocycles. The molecule has 1 aliphatic heterocycles. The average molecular weight is 429 g/mol. The van der Waals surface area contributed by atoms with E-state index in [4.69, 9.17) is 8.83 Å². The second-order valence-electron chi connectivity index (χ2n) is 7.82. The van der Waals surface area contributed by atoms with E-state index in [1.54, 1.807) is 35.4 Å². The molecule has 4 aromatic heterocycles. The molecule has 0 fully saturated rings. The third kappa shape index (κ3) is 2.76. The summed E-state index contributed by atoms with van der Waals surface area (Å²) in [6, 6.07) is 7.33. The summed E-state index contributed by atoms with van der Waals surface area (Å²) in [4.78, 5) is 22.9. The Bertz CT molecular complexity index is 1460. The molecule has 1 amide bonds. The minimum absolute atomic E-state index is 0.0818. The zero-order valence-corrected chi connectivity index (χ0v) is 17.4. The highest BCUT2D eigenvalue weighted by atomic mass is 16.4. The van der Waals surface area contributed by atoms with Gasteiger partial charge in [-0.1, -0.05) is 18.2 Å². The maximum Gasteiger partial charge on any atom is 0.312 e. The number of furan rings is 1. The van der Waals surface area contributed by atoms with Crippen LogP contribution in [-0.4, -0.2) is 47.3 Å². The zero-order valence-electron chi connectivity index (χ0n) is 17.4. The van der Waals surface area contributed by atoms with Crippen molar-refractivity contribution in [1.82, 2.24) is 34.8 Å². The summed E-state index contributed by atoms with van der Waals surface area (Å²) < 4.78 is 13.6. The molecule has 32 heavy (non-hydrogen) atoms. The van der Waals surface area contributed by atoms with Crippen molar-refractivity contribution in [3.63, 3.8) is 0 Å². The van der Waals surface area contributed by atoms with Gasteiger partial charge in [-0.15, -0.1) is 10.2 Å². The number of aryl methyl sites for hydroxylation is 2. The molecular formula is C22H19N7O3. The summed E-state index contributed by atoms with van der Waals surface area (Å²) in [6.07, 6.45) is 5.65. The molecule has 10 nitrogen and oxygen atoms in total. The van der Waals surface area contributed by atoms with E-state index in [0.717, 1.165) is 27.9 Å². The molecule has 0 saturated carbocycles. The number of rotatable bonds is 3. The number of benzene rings is 1. The summed E-state index contributed by atoms with van der Waals surface area (Å²) in [5.74, 6) is 0.475. The predicted octanol–water partition coefficient (Wildman–Crippen LogP) is 3.04. The van der Waals surface area contributed by atoms with Crippen molar-refractivity contribution in [3.05, 3.63) is 71.6 Å². The van der Waals surface area contributed by atoms with Crippen molar-refractivity contribution < 1.29 is 13.6 Å². The SMILES string of the molecule is Cc1c([C@@H]2c3nc[nH]c3CCN2C(=O)c2nnc(-c3cnn(C)c3)o2)oc2ccccc12. The fourth-order valence-corrected chi connectivity index (χ4v) is 4.30. The quantitative estimate of drug-likeness (QED) is 0.468. The number of imidazole rings is 1. The van der Waals surface area contributed by atoms with Gasteiger partial charge in [0.05, 0.1) is 23.8 Å². The van der Waals surface area contributed by atoms with Crippen LogP contribution in [0.25, 0.3) is 22.4 Å². The summed E-state index contributed by atoms with van der Waals surface area (Å²) in [7, 11) is 1.79. The van der Waals surface area contributed by atoms with Crippen molar-refractivity contribution >= 4 is 16.9 Å². The first-order chi connectivity index (χ1) is 15.6. The normalized spacial score (nSPS) is 15.9. The van der Waals surface area contributed by atoms with Crippen molar-refractivity contribution in [2.24, 2.45) is 7.05 Å². The number of H-pyrrole nitrogens is 1. The number of amides is 1. The number of aromatic nitrogens is 6. The van der Waals surface area contributed by atoms with Crippen molar-refractivity contribution in [2.75, 3.05) is 6.54 Å². The molecule has 10 heteroatoms. The molecule has 5 aromatic rings. The van der Waals surface area contributed by atoms with Gasteiger partial charge < -0.3 is 18.7 Å². The highest BCUT2D eigenvalue weighted by Gasteiger charge is 2.39. The molecule has 1 N–H and O–H groups in total. The molecule has 0 aliphatic carbocycles. The summed E-state index contributed by atoms with van der Waals surface area (Å²) in [5.41, 5.74) is 4.14. The Kier molecular flexibility index (Phi) is 4.00. The Morgan fingerprint density at radius 2 is 2.09 bits per heavy atom. The van der Waals surface area contributed by atoms with E-state index < -0.39 is 6.04 Å². The van der Waals surface area contributed by atoms with Gasteiger partial charge in [-0.2, -0.15) is 5.10 Å². The van der Waals surface area contributed by atoms with E-state index in [9.17, 15) is 4.79 Å². The smallest absolute Gasteiger partial charge is 0.312 e. The lowest BCUT2D eigenvalue weighted by Gasteiger charge is -2.33. The lowest BCUT2D eigenvalue weighted by Crippen LogP contribution is -2.41. The van der Waals surface area contributed by atoms with Gasteiger partial charge in [-0.05, 0) is 13.0 Å². The monoisotopic (exact) mass is 429 g/mol. The van der Waals surface area contributed by atoms with E-state index in [-0.39, 0.29) is 17.7 Å². The molecule has 1 aliphatic rings. The molecule has 0 unspecified atom stereocenters. The third-order valence-electron chi connectivity index (χ3n) is 5.87. The maximum atomic E-state index is 13.5. The Morgan fingerprint density at radius 1 is 1.22 bits per heavy atom. The van der Waals surface area contributed by atoms with Crippen LogP contribution in [0.4, 0.5) is 0 Å². The number of hydrogen-bond donors (Lipinski definition) is 1. The number of para-hydroxylation sites is 1. The second-order valence-corrected chi connectivity index (χ2v) is 7.82. The first kappa shape index (κ1) is 18.6. The second kappa shape index (κ2) is 6.91. The van der Waals surface area contributed by atoms with E-state index >= 15 is 0 Å². The number of nitrogens with zero attached hydrogens (tertiary/aromatic N) is 6. The van der Waals surface area contributed by atoms with Crippen molar-refractivity contribution in [1.29, 1.82) is 0 Å². The lowest BCUT2D eigenvalue weighted by molar-refractivity contribution is 0.0632. The number of fused-ring (bicyclic) bond motifs is 2. The number of carbonyl (C=O) groups excluding carboxylic acids is 1. The number of aromatic amines is 1. The largest absolute Gasteiger partial charge is 0.458 e. The van der Waals surface area contributed by atoms with Gasteiger partial charge in [0, 0.05) is 42.9 Å². The van der Waals surface area contributed by atoms with E-state index in [1.807, 2.05) is 31.2 Å². The number of carbonyl (C=O) groups is 1. The van der Waals surface area contributed by atoms with Crippen LogP contribution in [0.2, 0.25) is 0 Å². The van der Waals surface area contributed by atoms with Gasteiger partial charge in [0.15, 0.2) is 0 Å². The van der Waals surface area contributed by atoms with Gasteiger partial charge >= 0.3 is 11.8 Å². The van der Waals surface area contributed by atoms with Crippen LogP contribution < -0.4 is 0 Å². The Labute approximate surface area is 181 Å². The highest BCUT2D eigenvalue weighted by molar-refractivity contribution is 5.91.